The first-order valence-corrected chi connectivity index (χ1v) is 9.79. The summed E-state index contributed by atoms with van der Waals surface area (Å²) >= 11 is 1.74. The molecule has 0 radical (unpaired) electrons. The lowest BCUT2D eigenvalue weighted by Gasteiger charge is -2.22. The van der Waals surface area contributed by atoms with Gasteiger partial charge in [-0.15, -0.1) is 16.9 Å². The van der Waals surface area contributed by atoms with Crippen molar-refractivity contribution in [2.75, 3.05) is 11.4 Å². The minimum Gasteiger partial charge on any atom is -0.388 e. The summed E-state index contributed by atoms with van der Waals surface area (Å²) < 4.78 is 19.2. The number of benzene rings is 2. The number of para-hydroxylation sites is 1. The van der Waals surface area contributed by atoms with E-state index in [-0.39, 0.29) is 18.3 Å². The summed E-state index contributed by atoms with van der Waals surface area (Å²) in [6.45, 7) is 2.48. The van der Waals surface area contributed by atoms with Crippen molar-refractivity contribution in [1.82, 2.24) is 9.78 Å². The summed E-state index contributed by atoms with van der Waals surface area (Å²) in [5.41, 5.74) is 1.31. The molecule has 2 heterocycles. The quantitative estimate of drug-likeness (QED) is 0.674. The molecule has 1 atom stereocenters. The molecule has 1 aliphatic rings. The van der Waals surface area contributed by atoms with Gasteiger partial charge in [0.05, 0.1) is 5.69 Å². The monoisotopic (exact) mass is 399 g/mol. The summed E-state index contributed by atoms with van der Waals surface area (Å²) in [6, 6.07) is 13.2. The molecule has 144 valence electrons. The van der Waals surface area contributed by atoms with Crippen molar-refractivity contribution in [2.45, 2.75) is 30.0 Å². The third-order valence-corrected chi connectivity index (χ3v) is 5.76. The van der Waals surface area contributed by atoms with Gasteiger partial charge in [0.2, 0.25) is 11.8 Å². The normalized spacial score (nSPS) is 16.5. The zero-order valence-corrected chi connectivity index (χ0v) is 16.0. The Labute approximate surface area is 165 Å². The molecule has 28 heavy (non-hydrogen) atoms. The molecule has 0 fully saturated rings. The van der Waals surface area contributed by atoms with E-state index < -0.39 is 11.6 Å². The molecule has 1 aliphatic heterocycles. The minimum absolute atomic E-state index is 0.0539. The second kappa shape index (κ2) is 7.63. The molecule has 0 spiro atoms. The van der Waals surface area contributed by atoms with Crippen molar-refractivity contribution >= 4 is 23.4 Å². The average molecular weight is 399 g/mol. The number of fused-ring (bicyclic) bond motifs is 1. The third-order valence-electron chi connectivity index (χ3n) is 4.53. The van der Waals surface area contributed by atoms with E-state index in [1.54, 1.807) is 16.7 Å². The summed E-state index contributed by atoms with van der Waals surface area (Å²) in [4.78, 5) is 27.8. The number of aromatic nitrogens is 2. The molecule has 1 amide bonds. The molecular formula is C20H18FN3O3S. The van der Waals surface area contributed by atoms with E-state index in [0.717, 1.165) is 21.7 Å². The van der Waals surface area contributed by atoms with E-state index >= 15 is 0 Å². The number of amides is 1. The van der Waals surface area contributed by atoms with Crippen LogP contribution in [0.5, 0.6) is 0 Å². The summed E-state index contributed by atoms with van der Waals surface area (Å²) in [5.74, 6) is -1.30. The lowest BCUT2D eigenvalue weighted by Crippen LogP contribution is -2.37. The number of nitrogens with zero attached hydrogens (tertiary/aromatic N) is 3. The number of thioether (sulfide) groups is 1. The number of carbonyl (C=O) groups is 1. The zero-order chi connectivity index (χ0) is 19.7. The fourth-order valence-corrected chi connectivity index (χ4v) is 4.19. The lowest BCUT2D eigenvalue weighted by atomic mass is 10.2. The van der Waals surface area contributed by atoms with E-state index in [4.69, 9.17) is 4.42 Å². The Morgan fingerprint density at radius 1 is 1.25 bits per heavy atom. The second-order valence-electron chi connectivity index (χ2n) is 6.57. The van der Waals surface area contributed by atoms with Gasteiger partial charge < -0.3 is 9.32 Å². The summed E-state index contributed by atoms with van der Waals surface area (Å²) in [6.07, 6.45) is 0.847. The third kappa shape index (κ3) is 3.73. The van der Waals surface area contributed by atoms with Gasteiger partial charge in [-0.05, 0) is 42.8 Å². The Morgan fingerprint density at radius 3 is 2.79 bits per heavy atom. The van der Waals surface area contributed by atoms with Crippen LogP contribution in [-0.2, 0) is 11.3 Å². The fraction of sp³-hybridized carbons (Fsp3) is 0.250. The van der Waals surface area contributed by atoms with Crippen LogP contribution in [0.15, 0.2) is 62.6 Å². The highest BCUT2D eigenvalue weighted by atomic mass is 32.2. The lowest BCUT2D eigenvalue weighted by molar-refractivity contribution is -0.119. The Kier molecular flexibility index (Phi) is 5.04. The molecule has 0 aliphatic carbocycles. The number of rotatable bonds is 3. The van der Waals surface area contributed by atoms with Crippen LogP contribution in [-0.4, -0.2) is 27.5 Å². The highest BCUT2D eigenvalue weighted by Gasteiger charge is 2.25. The average Bonchev–Trinajstić information content (AvgIpc) is 2.94. The maximum atomic E-state index is 13.1. The fourth-order valence-electron chi connectivity index (χ4n) is 3.07. The smallest absolute Gasteiger partial charge is 0.388 e. The highest BCUT2D eigenvalue weighted by Crippen LogP contribution is 2.37. The molecule has 6 nitrogen and oxygen atoms in total. The van der Waals surface area contributed by atoms with E-state index in [2.05, 4.69) is 12.0 Å². The summed E-state index contributed by atoms with van der Waals surface area (Å²) in [7, 11) is 0. The Hall–Kier alpha value is -2.87. The molecule has 0 bridgehead atoms. The predicted molar refractivity (Wildman–Crippen MR) is 105 cm³/mol. The van der Waals surface area contributed by atoms with Crippen LogP contribution >= 0.6 is 11.8 Å². The molecule has 0 saturated heterocycles. The van der Waals surface area contributed by atoms with Crippen LogP contribution in [0.3, 0.4) is 0 Å². The molecule has 0 saturated carbocycles. The van der Waals surface area contributed by atoms with Crippen molar-refractivity contribution in [3.63, 3.8) is 0 Å². The molecule has 2 aromatic carbocycles. The molecule has 4 rings (SSSR count). The van der Waals surface area contributed by atoms with Crippen molar-refractivity contribution in [3.05, 3.63) is 64.9 Å². The maximum Gasteiger partial charge on any atom is 0.437 e. The van der Waals surface area contributed by atoms with Crippen molar-refractivity contribution < 1.29 is 13.6 Å². The van der Waals surface area contributed by atoms with Crippen LogP contribution in [0.1, 0.15) is 13.3 Å². The maximum absolute atomic E-state index is 13.1. The van der Waals surface area contributed by atoms with Gasteiger partial charge in [-0.25, -0.2) is 9.18 Å². The van der Waals surface area contributed by atoms with E-state index in [9.17, 15) is 14.0 Å². The van der Waals surface area contributed by atoms with E-state index in [0.29, 0.717) is 17.4 Å². The van der Waals surface area contributed by atoms with Crippen LogP contribution in [0.4, 0.5) is 10.1 Å². The van der Waals surface area contributed by atoms with Gasteiger partial charge in [-0.1, -0.05) is 19.1 Å². The van der Waals surface area contributed by atoms with Gasteiger partial charge in [0, 0.05) is 22.3 Å². The zero-order valence-electron chi connectivity index (χ0n) is 15.2. The van der Waals surface area contributed by atoms with Gasteiger partial charge in [-0.3, -0.25) is 4.79 Å². The Bertz CT molecular complexity index is 1060. The van der Waals surface area contributed by atoms with E-state index in [1.807, 2.05) is 24.3 Å². The molecule has 3 aromatic rings. The van der Waals surface area contributed by atoms with Gasteiger partial charge in [0.1, 0.15) is 12.4 Å². The molecule has 0 unspecified atom stereocenters. The van der Waals surface area contributed by atoms with Gasteiger partial charge in [0.15, 0.2) is 0 Å². The van der Waals surface area contributed by atoms with Gasteiger partial charge in [-0.2, -0.15) is 4.68 Å². The predicted octanol–water partition coefficient (Wildman–Crippen LogP) is 3.56. The minimum atomic E-state index is -0.724. The van der Waals surface area contributed by atoms with Crippen LogP contribution < -0.4 is 10.7 Å². The van der Waals surface area contributed by atoms with Crippen LogP contribution in [0.25, 0.3) is 11.5 Å². The van der Waals surface area contributed by atoms with Gasteiger partial charge in [0.25, 0.3) is 0 Å². The molecule has 0 N–H and O–H groups in total. The number of anilines is 1. The van der Waals surface area contributed by atoms with Crippen LogP contribution in [0.2, 0.25) is 0 Å². The first-order valence-electron chi connectivity index (χ1n) is 8.91. The van der Waals surface area contributed by atoms with Crippen molar-refractivity contribution in [1.29, 1.82) is 0 Å². The number of carbonyl (C=O) groups excluding carboxylic acids is 1. The Balaban J connectivity index is 1.59. The SMILES string of the molecule is C[C@@H]1CCN(C(=O)Cn2nc(-c3ccc(F)cc3)oc2=O)c2ccccc2S1. The number of halogens is 1. The first kappa shape index (κ1) is 18.5. The molecular weight excluding hydrogens is 381 g/mol. The van der Waals surface area contributed by atoms with Crippen molar-refractivity contribution in [3.8, 4) is 11.5 Å². The van der Waals surface area contributed by atoms with Gasteiger partial charge >= 0.3 is 5.76 Å². The second-order valence-corrected chi connectivity index (χ2v) is 8.05. The molecule has 8 heteroatoms. The highest BCUT2D eigenvalue weighted by molar-refractivity contribution is 8.00. The topological polar surface area (TPSA) is 68.3 Å². The standard InChI is InChI=1S/C20H18FN3O3S/c1-13-10-11-23(16-4-2-3-5-17(16)28-13)18(25)12-24-20(26)27-19(22-24)14-6-8-15(21)9-7-14/h2-9,13H,10-12H2,1H3/t13-/m1/s1. The number of hydrogen-bond acceptors (Lipinski definition) is 5. The Morgan fingerprint density at radius 2 is 2.00 bits per heavy atom. The first-order chi connectivity index (χ1) is 13.5. The summed E-state index contributed by atoms with van der Waals surface area (Å²) in [5, 5.41) is 4.49. The van der Waals surface area contributed by atoms with E-state index in [1.165, 1.54) is 24.3 Å². The number of hydrogen-bond donors (Lipinski definition) is 0. The van der Waals surface area contributed by atoms with Crippen molar-refractivity contribution in [2.24, 2.45) is 0 Å². The van der Waals surface area contributed by atoms with Crippen LogP contribution in [0, 0.1) is 5.82 Å². The largest absolute Gasteiger partial charge is 0.437 e. The molecule has 1 aromatic heterocycles.